The van der Waals surface area contributed by atoms with Gasteiger partial charge in [-0.3, -0.25) is 9.59 Å². The third-order valence-electron chi connectivity index (χ3n) is 3.09. The Balaban J connectivity index is 1.98. The maximum atomic E-state index is 11.1. The first-order valence-electron chi connectivity index (χ1n) is 6.33. The highest BCUT2D eigenvalue weighted by atomic mass is 16.5. The number of methoxy groups -OCH3 is 1. The molecule has 0 fully saturated rings. The quantitative estimate of drug-likeness (QED) is 0.594. The number of esters is 1. The number of carbonyl (C=O) groups excluding carboxylic acids is 2. The highest BCUT2D eigenvalue weighted by Crippen LogP contribution is 2.09. The Kier molecular flexibility index (Phi) is 4.65. The van der Waals surface area contributed by atoms with E-state index in [-0.39, 0.29) is 5.97 Å². The van der Waals surface area contributed by atoms with Crippen molar-refractivity contribution in [1.82, 2.24) is 9.55 Å². The number of aryl methyl sites for hydroxylation is 1. The first-order chi connectivity index (χ1) is 9.72. The molecule has 0 aliphatic carbocycles. The number of hydrogen-bond acceptors (Lipinski definition) is 4. The average molecular weight is 272 g/mol. The van der Waals surface area contributed by atoms with Gasteiger partial charge in [0.2, 0.25) is 0 Å². The molecule has 0 bridgehead atoms. The fourth-order valence-corrected chi connectivity index (χ4v) is 1.92. The van der Waals surface area contributed by atoms with Crippen LogP contribution in [0.4, 0.5) is 0 Å². The van der Waals surface area contributed by atoms with Crippen molar-refractivity contribution in [2.75, 3.05) is 7.11 Å². The normalized spacial score (nSPS) is 10.2. The molecule has 0 radical (unpaired) electrons. The first kappa shape index (κ1) is 14.0. The van der Waals surface area contributed by atoms with Crippen molar-refractivity contribution >= 4 is 12.3 Å². The molecule has 0 atom stereocenters. The summed E-state index contributed by atoms with van der Waals surface area (Å²) in [4.78, 5) is 25.8. The van der Waals surface area contributed by atoms with Gasteiger partial charge in [0, 0.05) is 13.0 Å². The molecule has 5 nitrogen and oxygen atoms in total. The van der Waals surface area contributed by atoms with Gasteiger partial charge in [-0.25, -0.2) is 4.98 Å². The van der Waals surface area contributed by atoms with Crippen molar-refractivity contribution in [3.63, 3.8) is 0 Å². The van der Waals surface area contributed by atoms with E-state index < -0.39 is 0 Å². The Morgan fingerprint density at radius 1 is 1.30 bits per heavy atom. The second-order valence-corrected chi connectivity index (χ2v) is 4.46. The van der Waals surface area contributed by atoms with Crippen molar-refractivity contribution in [3.8, 4) is 0 Å². The first-order valence-corrected chi connectivity index (χ1v) is 6.33. The van der Waals surface area contributed by atoms with E-state index in [4.69, 9.17) is 0 Å². The van der Waals surface area contributed by atoms with Gasteiger partial charge in [-0.1, -0.05) is 24.3 Å². The Bertz CT molecular complexity index is 587. The number of benzene rings is 1. The van der Waals surface area contributed by atoms with Crippen LogP contribution in [-0.2, 0) is 22.5 Å². The van der Waals surface area contributed by atoms with Crippen molar-refractivity contribution in [3.05, 3.63) is 53.6 Å². The molecule has 2 rings (SSSR count). The summed E-state index contributed by atoms with van der Waals surface area (Å²) in [6, 6.07) is 7.94. The van der Waals surface area contributed by atoms with Gasteiger partial charge in [0.1, 0.15) is 5.69 Å². The molecule has 0 aliphatic heterocycles. The smallest absolute Gasteiger partial charge is 0.305 e. The van der Waals surface area contributed by atoms with Crippen LogP contribution in [0.5, 0.6) is 0 Å². The molecule has 5 heteroatoms. The highest BCUT2D eigenvalue weighted by Gasteiger charge is 2.03. The number of ether oxygens (including phenoxy) is 1. The average Bonchev–Trinajstić information content (AvgIpc) is 2.93. The molecular formula is C15H16N2O3. The summed E-state index contributed by atoms with van der Waals surface area (Å²) in [5.74, 6) is -0.205. The summed E-state index contributed by atoms with van der Waals surface area (Å²) in [7, 11) is 1.39. The maximum absolute atomic E-state index is 11.1. The minimum absolute atomic E-state index is 0.205. The Labute approximate surface area is 117 Å². The third-order valence-corrected chi connectivity index (χ3v) is 3.09. The van der Waals surface area contributed by atoms with Gasteiger partial charge in [0.05, 0.1) is 19.6 Å². The Morgan fingerprint density at radius 3 is 2.65 bits per heavy atom. The number of imidazole rings is 1. The minimum Gasteiger partial charge on any atom is -0.469 e. The molecule has 0 saturated carbocycles. The molecule has 0 saturated heterocycles. The molecule has 1 aromatic carbocycles. The van der Waals surface area contributed by atoms with Crippen LogP contribution in [0.1, 0.15) is 28.0 Å². The zero-order valence-corrected chi connectivity index (χ0v) is 11.3. The van der Waals surface area contributed by atoms with E-state index in [1.807, 2.05) is 24.3 Å². The highest BCUT2D eigenvalue weighted by molar-refractivity contribution is 5.71. The lowest BCUT2D eigenvalue weighted by Crippen LogP contribution is -2.03. The van der Waals surface area contributed by atoms with Crippen LogP contribution in [0.3, 0.4) is 0 Å². The molecule has 0 aliphatic rings. The van der Waals surface area contributed by atoms with Gasteiger partial charge in [-0.05, 0) is 17.5 Å². The zero-order valence-electron chi connectivity index (χ0n) is 11.3. The van der Waals surface area contributed by atoms with Gasteiger partial charge >= 0.3 is 5.97 Å². The summed E-state index contributed by atoms with van der Waals surface area (Å²) >= 11 is 0. The van der Waals surface area contributed by atoms with Gasteiger partial charge in [-0.15, -0.1) is 0 Å². The van der Waals surface area contributed by atoms with E-state index in [1.165, 1.54) is 13.3 Å². The summed E-state index contributed by atoms with van der Waals surface area (Å²) in [5.41, 5.74) is 2.72. The number of rotatable bonds is 6. The lowest BCUT2D eigenvalue weighted by atomic mass is 10.1. The molecule has 0 amide bonds. The van der Waals surface area contributed by atoms with Crippen LogP contribution in [0, 0.1) is 0 Å². The number of aldehydes is 1. The summed E-state index contributed by atoms with van der Waals surface area (Å²) in [6.07, 6.45) is 5.01. The van der Waals surface area contributed by atoms with Gasteiger partial charge in [0.25, 0.3) is 0 Å². The van der Waals surface area contributed by atoms with Crippen LogP contribution >= 0.6 is 0 Å². The Hall–Kier alpha value is -2.43. The largest absolute Gasteiger partial charge is 0.469 e. The fourth-order valence-electron chi connectivity index (χ4n) is 1.92. The fraction of sp³-hybridized carbons (Fsp3) is 0.267. The predicted molar refractivity (Wildman–Crippen MR) is 73.5 cm³/mol. The molecule has 1 aromatic heterocycles. The minimum atomic E-state index is -0.205. The maximum Gasteiger partial charge on any atom is 0.305 e. The lowest BCUT2D eigenvalue weighted by molar-refractivity contribution is -0.140. The topological polar surface area (TPSA) is 61.2 Å². The number of aromatic nitrogens is 2. The van der Waals surface area contributed by atoms with Gasteiger partial charge in [-0.2, -0.15) is 0 Å². The monoisotopic (exact) mass is 272 g/mol. The van der Waals surface area contributed by atoms with E-state index in [1.54, 1.807) is 10.9 Å². The van der Waals surface area contributed by atoms with Crippen LogP contribution < -0.4 is 0 Å². The molecule has 20 heavy (non-hydrogen) atoms. The molecule has 104 valence electrons. The number of hydrogen-bond donors (Lipinski definition) is 0. The molecule has 0 N–H and O–H groups in total. The zero-order chi connectivity index (χ0) is 14.4. The summed E-state index contributed by atoms with van der Waals surface area (Å²) in [6.45, 7) is 0.603. The Morgan fingerprint density at radius 2 is 2.00 bits per heavy atom. The molecule has 0 unspecified atom stereocenters. The number of nitrogens with zero attached hydrogens (tertiary/aromatic N) is 2. The van der Waals surface area contributed by atoms with E-state index in [2.05, 4.69) is 9.72 Å². The SMILES string of the molecule is COC(=O)CCc1ccc(Cn2cncc2C=O)cc1. The van der Waals surface area contributed by atoms with Crippen molar-refractivity contribution in [2.24, 2.45) is 0 Å². The van der Waals surface area contributed by atoms with E-state index >= 15 is 0 Å². The van der Waals surface area contributed by atoms with Crippen molar-refractivity contribution < 1.29 is 14.3 Å². The van der Waals surface area contributed by atoms with Gasteiger partial charge in [0.15, 0.2) is 6.29 Å². The molecule has 1 heterocycles. The molecule has 2 aromatic rings. The van der Waals surface area contributed by atoms with Crippen LogP contribution in [0.15, 0.2) is 36.8 Å². The third kappa shape index (κ3) is 3.54. The van der Waals surface area contributed by atoms with E-state index in [0.29, 0.717) is 25.1 Å². The second kappa shape index (κ2) is 6.65. The lowest BCUT2D eigenvalue weighted by Gasteiger charge is -2.06. The predicted octanol–water partition coefficient (Wildman–Crippen LogP) is 1.85. The summed E-state index contributed by atoms with van der Waals surface area (Å²) < 4.78 is 6.40. The standard InChI is InChI=1S/C15H16N2O3/c1-20-15(19)7-6-12-2-4-13(5-3-12)9-17-11-16-8-14(17)10-18/h2-5,8,10-11H,6-7,9H2,1H3. The van der Waals surface area contributed by atoms with Crippen molar-refractivity contribution in [2.45, 2.75) is 19.4 Å². The van der Waals surface area contributed by atoms with E-state index in [0.717, 1.165) is 17.4 Å². The number of carbonyl (C=O) groups is 2. The van der Waals surface area contributed by atoms with Gasteiger partial charge < -0.3 is 9.30 Å². The molecular weight excluding hydrogens is 256 g/mol. The van der Waals surface area contributed by atoms with E-state index in [9.17, 15) is 9.59 Å². The summed E-state index contributed by atoms with van der Waals surface area (Å²) in [5, 5.41) is 0. The van der Waals surface area contributed by atoms with Crippen molar-refractivity contribution in [1.29, 1.82) is 0 Å². The van der Waals surface area contributed by atoms with Crippen LogP contribution in [0.2, 0.25) is 0 Å². The molecule has 0 spiro atoms. The second-order valence-electron chi connectivity index (χ2n) is 4.46. The van der Waals surface area contributed by atoms with Crippen LogP contribution in [0.25, 0.3) is 0 Å². The van der Waals surface area contributed by atoms with Crippen LogP contribution in [-0.4, -0.2) is 28.9 Å².